The van der Waals surface area contributed by atoms with Crippen LogP contribution in [0.15, 0.2) is 65.7 Å². The van der Waals surface area contributed by atoms with Crippen molar-refractivity contribution in [1.29, 1.82) is 0 Å². The Bertz CT molecular complexity index is 3090. The minimum Gasteiger partial charge on any atom is -0.370 e. The van der Waals surface area contributed by atoms with Gasteiger partial charge in [0.1, 0.15) is 18.6 Å². The zero-order valence-electron chi connectivity index (χ0n) is 56.9. The average molecular weight is 1390 g/mol. The smallest absolute Gasteiger partial charge is 0.245 e. The molecule has 14 amide bonds. The van der Waals surface area contributed by atoms with E-state index in [2.05, 4.69) is 10.3 Å². The molecule has 98 heavy (non-hydrogen) atoms. The van der Waals surface area contributed by atoms with E-state index in [0.717, 1.165) is 14.7 Å². The molecule has 2 aromatic carbocycles. The molecule has 0 spiro atoms. The lowest BCUT2D eigenvalue weighted by Gasteiger charge is -2.34. The number of hydrogen-bond donors (Lipinski definition) is 7. The Balaban J connectivity index is 1.58. The van der Waals surface area contributed by atoms with Gasteiger partial charge in [-0.3, -0.25) is 72.1 Å². The van der Waals surface area contributed by atoms with Crippen LogP contribution in [0.1, 0.15) is 89.7 Å². The molecule has 540 valence electrons. The molecule has 32 nitrogen and oxygen atoms in total. The standard InChI is InChI=1S/C65H100N18O14S/c1-46(2)35-79(42-58(91)76(32-33-98-4)38-54(69)87)56(89)34-73-55(88)39-80(36-48-16-7-5-8-17-48)60(93)43-81(37-49-18-9-6-10-19-49)59(92)40-75(30-22-52(67)85)57(90)41-78(31-23-53(68)86)64(97)51-21-14-29-83(51)62(95)45-77(26-12-11-24-66)63(96)50-20-13-28-82(50)61(94)44-74(47(3)84)27-15-25-72-65(70)71/h5-10,16-19,46,50-51H,11-15,20-45,66H2,1-4H3,(H2,67,85)(H2,68,86)(H2,69,87)(H,73,88)(H4,70,71,72)/t50-,51-/m0/s1. The van der Waals surface area contributed by atoms with E-state index in [-0.39, 0.29) is 109 Å². The quantitative estimate of drug-likeness (QED) is 0.0195. The van der Waals surface area contributed by atoms with Gasteiger partial charge >= 0.3 is 0 Å². The molecule has 2 aliphatic heterocycles. The van der Waals surface area contributed by atoms with Crippen LogP contribution in [0.5, 0.6) is 0 Å². The molecule has 2 fully saturated rings. The van der Waals surface area contributed by atoms with Crippen molar-refractivity contribution < 1.29 is 67.1 Å². The Kier molecular flexibility index (Phi) is 35.0. The van der Waals surface area contributed by atoms with Crippen molar-refractivity contribution in [2.24, 2.45) is 45.3 Å². The third kappa shape index (κ3) is 28.4. The SMILES string of the molecule is CSCCN(CC(N)=O)C(=O)CN(CC(C)C)C(=O)CNC(=O)CN(Cc1ccccc1)C(=O)CN(Cc1ccccc1)C(=O)CN(CCC(N)=O)C(=O)CN(CCC(N)=O)C(=O)[C@@H]1CCCN1C(=O)CN(CCCCN)C(=O)[C@@H]1CCCN1C(=O)CN(CCCN=C(N)N)C(C)=O. The fourth-order valence-electron chi connectivity index (χ4n) is 11.2. The molecule has 2 aromatic rings. The molecule has 0 aliphatic carbocycles. The average Bonchev–Trinajstić information content (AvgIpc) is 1.28. The number of nitrogens with zero attached hydrogens (tertiary/aromatic N) is 11. The largest absolute Gasteiger partial charge is 0.370 e. The molecule has 0 saturated carbocycles. The third-order valence-corrected chi connectivity index (χ3v) is 16.8. The normalized spacial score (nSPS) is 14.0. The van der Waals surface area contributed by atoms with Crippen LogP contribution in [0, 0.1) is 5.92 Å². The minimum atomic E-state index is -1.20. The molecule has 4 rings (SSSR count). The van der Waals surface area contributed by atoms with Crippen LogP contribution < -0.4 is 39.7 Å². The lowest BCUT2D eigenvalue weighted by Crippen LogP contribution is -2.55. The van der Waals surface area contributed by atoms with Crippen LogP contribution in [0.2, 0.25) is 0 Å². The topological polar surface area (TPSA) is 452 Å². The van der Waals surface area contributed by atoms with Gasteiger partial charge in [0.2, 0.25) is 82.7 Å². The van der Waals surface area contributed by atoms with Crippen LogP contribution in [0.25, 0.3) is 0 Å². The molecule has 0 bridgehead atoms. The number of carbonyl (C=O) groups excluding carboxylic acids is 14. The second-order valence-corrected chi connectivity index (χ2v) is 25.5. The fourth-order valence-corrected chi connectivity index (χ4v) is 11.6. The van der Waals surface area contributed by atoms with E-state index >= 15 is 0 Å². The van der Waals surface area contributed by atoms with Gasteiger partial charge in [-0.1, -0.05) is 74.5 Å². The summed E-state index contributed by atoms with van der Waals surface area (Å²) in [4.78, 5) is 208. The second-order valence-electron chi connectivity index (χ2n) is 24.5. The summed E-state index contributed by atoms with van der Waals surface area (Å²) in [5.74, 6) is -9.21. The second kappa shape index (κ2) is 42.3. The summed E-state index contributed by atoms with van der Waals surface area (Å²) in [7, 11) is 0. The predicted octanol–water partition coefficient (Wildman–Crippen LogP) is -3.21. The fraction of sp³-hybridized carbons (Fsp3) is 0.585. The molecule has 2 atom stereocenters. The summed E-state index contributed by atoms with van der Waals surface area (Å²) >= 11 is 1.45. The highest BCUT2D eigenvalue weighted by molar-refractivity contribution is 7.98. The lowest BCUT2D eigenvalue weighted by molar-refractivity contribution is -0.151. The summed E-state index contributed by atoms with van der Waals surface area (Å²) in [6.07, 6.45) is 3.39. The zero-order chi connectivity index (χ0) is 72.4. The monoisotopic (exact) mass is 1390 g/mol. The van der Waals surface area contributed by atoms with E-state index in [4.69, 9.17) is 34.4 Å². The number of unbranched alkanes of at least 4 members (excludes halogenated alkanes) is 1. The van der Waals surface area contributed by atoms with Crippen molar-refractivity contribution in [3.63, 3.8) is 0 Å². The van der Waals surface area contributed by atoms with Crippen LogP contribution in [-0.2, 0) is 80.2 Å². The maximum Gasteiger partial charge on any atom is 0.245 e. The van der Waals surface area contributed by atoms with Crippen LogP contribution in [-0.4, -0.2) is 286 Å². The number of likely N-dealkylation sites (tertiary alicyclic amines) is 2. The van der Waals surface area contributed by atoms with Gasteiger partial charge in [-0.25, -0.2) is 0 Å². The Morgan fingerprint density at radius 3 is 1.45 bits per heavy atom. The van der Waals surface area contributed by atoms with Crippen LogP contribution in [0.4, 0.5) is 0 Å². The highest BCUT2D eigenvalue weighted by Crippen LogP contribution is 2.24. The summed E-state index contributed by atoms with van der Waals surface area (Å²) in [5, 5.41) is 2.56. The zero-order valence-corrected chi connectivity index (χ0v) is 57.7. The molecule has 2 saturated heterocycles. The van der Waals surface area contributed by atoms with Gasteiger partial charge < -0.3 is 88.7 Å². The van der Waals surface area contributed by atoms with E-state index in [9.17, 15) is 67.1 Å². The number of carbonyl (C=O) groups is 14. The van der Waals surface area contributed by atoms with Crippen molar-refractivity contribution in [3.05, 3.63) is 71.8 Å². The number of aliphatic imine (C=N–C) groups is 1. The van der Waals surface area contributed by atoms with Gasteiger partial charge in [-0.15, -0.1) is 0 Å². The highest BCUT2D eigenvalue weighted by Gasteiger charge is 2.42. The van der Waals surface area contributed by atoms with Gasteiger partial charge in [0, 0.05) is 97.5 Å². The molecule has 0 aromatic heterocycles. The molecule has 0 radical (unpaired) electrons. The third-order valence-electron chi connectivity index (χ3n) is 16.2. The van der Waals surface area contributed by atoms with Gasteiger partial charge in [0.15, 0.2) is 5.96 Å². The first-order valence-electron chi connectivity index (χ1n) is 32.9. The highest BCUT2D eigenvalue weighted by atomic mass is 32.2. The number of rotatable bonds is 43. The van der Waals surface area contributed by atoms with E-state index in [1.165, 1.54) is 53.0 Å². The number of nitrogens with one attached hydrogen (secondary N) is 1. The first-order chi connectivity index (χ1) is 46.6. The van der Waals surface area contributed by atoms with Crippen molar-refractivity contribution in [2.75, 3.05) is 136 Å². The van der Waals surface area contributed by atoms with Crippen molar-refractivity contribution >= 4 is 100 Å². The van der Waals surface area contributed by atoms with Crippen molar-refractivity contribution in [2.45, 2.75) is 104 Å². The summed E-state index contributed by atoms with van der Waals surface area (Å²) in [6.45, 7) is 0.190. The molecule has 33 heteroatoms. The van der Waals surface area contributed by atoms with Crippen LogP contribution in [0.3, 0.4) is 0 Å². The van der Waals surface area contributed by atoms with Gasteiger partial charge in [0.25, 0.3) is 0 Å². The summed E-state index contributed by atoms with van der Waals surface area (Å²) < 4.78 is 0. The molecular formula is C65H100N18O14S. The molecule has 2 aliphatic rings. The molecular weight excluding hydrogens is 1290 g/mol. The maximum atomic E-state index is 14.8. The van der Waals surface area contributed by atoms with Gasteiger partial charge in [-0.2, -0.15) is 11.8 Å². The number of nitrogens with two attached hydrogens (primary N) is 6. The van der Waals surface area contributed by atoms with E-state index < -0.39 is 161 Å². The number of benzene rings is 2. The minimum absolute atomic E-state index is 0.0676. The Morgan fingerprint density at radius 2 is 0.969 bits per heavy atom. The number of thioether (sulfide) groups is 1. The predicted molar refractivity (Wildman–Crippen MR) is 365 cm³/mol. The maximum absolute atomic E-state index is 14.8. The van der Waals surface area contributed by atoms with Crippen molar-refractivity contribution in [3.8, 4) is 0 Å². The van der Waals surface area contributed by atoms with E-state index in [1.807, 2.05) is 20.1 Å². The number of hydrogen-bond acceptors (Lipinski definition) is 17. The van der Waals surface area contributed by atoms with Gasteiger partial charge in [-0.05, 0) is 74.8 Å². The number of guanidine groups is 1. The van der Waals surface area contributed by atoms with E-state index in [1.54, 1.807) is 60.7 Å². The number of primary amides is 3. The molecule has 2 heterocycles. The summed E-state index contributed by atoms with van der Waals surface area (Å²) in [5.41, 5.74) is 34.4. The first-order valence-corrected chi connectivity index (χ1v) is 34.3. The first kappa shape index (κ1) is 81.0. The van der Waals surface area contributed by atoms with E-state index in [0.29, 0.717) is 49.0 Å². The van der Waals surface area contributed by atoms with Crippen LogP contribution >= 0.6 is 11.8 Å². The summed E-state index contributed by atoms with van der Waals surface area (Å²) in [6, 6.07) is 15.0. The Labute approximate surface area is 576 Å². The molecule has 0 unspecified atom stereocenters. The van der Waals surface area contributed by atoms with Crippen molar-refractivity contribution in [1.82, 2.24) is 54.3 Å². The Hall–Kier alpha value is -9.40. The molecule has 13 N–H and O–H groups in total. The lowest BCUT2D eigenvalue weighted by atomic mass is 10.1. The number of amides is 14. The Morgan fingerprint density at radius 1 is 0.520 bits per heavy atom. The van der Waals surface area contributed by atoms with Gasteiger partial charge in [0.05, 0.1) is 52.4 Å².